The van der Waals surface area contributed by atoms with Crippen LogP contribution < -0.4 is 5.32 Å². The standard InChI is InChI=1S/C19H18ClFN2O2/c20-15-4-6-17(7-5-15)22-18(24)13-8-10-23(11-9-13)19(25)14-2-1-3-16(21)12-14/h1-7,12-13H,8-11H2,(H,22,24). The van der Waals surface area contributed by atoms with E-state index >= 15 is 0 Å². The number of carbonyl (C=O) groups is 2. The van der Waals surface area contributed by atoms with E-state index in [2.05, 4.69) is 5.32 Å². The highest BCUT2D eigenvalue weighted by Gasteiger charge is 2.28. The van der Waals surface area contributed by atoms with Crippen molar-refractivity contribution < 1.29 is 14.0 Å². The molecule has 25 heavy (non-hydrogen) atoms. The summed E-state index contributed by atoms with van der Waals surface area (Å²) in [5.74, 6) is -0.827. The maximum absolute atomic E-state index is 13.3. The Morgan fingerprint density at radius 1 is 1.08 bits per heavy atom. The average Bonchev–Trinajstić information content (AvgIpc) is 2.63. The number of nitrogens with zero attached hydrogens (tertiary/aromatic N) is 1. The summed E-state index contributed by atoms with van der Waals surface area (Å²) in [7, 11) is 0. The predicted molar refractivity (Wildman–Crippen MR) is 95.1 cm³/mol. The van der Waals surface area contributed by atoms with Gasteiger partial charge in [0.2, 0.25) is 5.91 Å². The third-order valence-corrected chi connectivity index (χ3v) is 4.59. The summed E-state index contributed by atoms with van der Waals surface area (Å²) in [6.45, 7) is 0.960. The molecule has 0 aliphatic carbocycles. The first-order valence-corrected chi connectivity index (χ1v) is 8.52. The second-order valence-electron chi connectivity index (χ2n) is 6.07. The molecule has 1 N–H and O–H groups in total. The zero-order valence-corrected chi connectivity index (χ0v) is 14.3. The molecule has 0 bridgehead atoms. The Hall–Kier alpha value is -2.40. The van der Waals surface area contributed by atoms with Gasteiger partial charge in [0.25, 0.3) is 5.91 Å². The van der Waals surface area contributed by atoms with E-state index in [1.165, 1.54) is 18.2 Å². The van der Waals surface area contributed by atoms with Crippen LogP contribution in [-0.2, 0) is 4.79 Å². The van der Waals surface area contributed by atoms with Gasteiger partial charge in [-0.05, 0) is 55.3 Å². The van der Waals surface area contributed by atoms with E-state index in [9.17, 15) is 14.0 Å². The molecule has 2 aromatic carbocycles. The summed E-state index contributed by atoms with van der Waals surface area (Å²) in [6, 6.07) is 12.6. The van der Waals surface area contributed by atoms with Gasteiger partial charge in [-0.25, -0.2) is 4.39 Å². The van der Waals surface area contributed by atoms with Crippen LogP contribution in [0.3, 0.4) is 0 Å². The van der Waals surface area contributed by atoms with Crippen LogP contribution in [0.4, 0.5) is 10.1 Å². The molecule has 0 atom stereocenters. The third-order valence-electron chi connectivity index (χ3n) is 4.34. The van der Waals surface area contributed by atoms with Gasteiger partial charge in [-0.1, -0.05) is 17.7 Å². The van der Waals surface area contributed by atoms with E-state index < -0.39 is 5.82 Å². The van der Waals surface area contributed by atoms with Gasteiger partial charge in [-0.15, -0.1) is 0 Å². The summed E-state index contributed by atoms with van der Waals surface area (Å²) < 4.78 is 13.3. The number of rotatable bonds is 3. The molecular formula is C19H18ClFN2O2. The van der Waals surface area contributed by atoms with Crippen molar-refractivity contribution >= 4 is 29.1 Å². The summed E-state index contributed by atoms with van der Waals surface area (Å²) in [5, 5.41) is 3.48. The summed E-state index contributed by atoms with van der Waals surface area (Å²) in [5.41, 5.74) is 1.04. The number of amides is 2. The fourth-order valence-corrected chi connectivity index (χ4v) is 3.05. The molecule has 1 saturated heterocycles. The monoisotopic (exact) mass is 360 g/mol. The van der Waals surface area contributed by atoms with E-state index in [0.29, 0.717) is 42.2 Å². The average molecular weight is 361 g/mol. The van der Waals surface area contributed by atoms with Gasteiger partial charge in [0.1, 0.15) is 5.82 Å². The molecule has 1 heterocycles. The van der Waals surface area contributed by atoms with Gasteiger partial charge in [0.05, 0.1) is 0 Å². The molecule has 2 aromatic rings. The first-order valence-electron chi connectivity index (χ1n) is 8.14. The summed E-state index contributed by atoms with van der Waals surface area (Å²) in [6.07, 6.45) is 1.17. The number of benzene rings is 2. The lowest BCUT2D eigenvalue weighted by Gasteiger charge is -2.31. The molecule has 1 aliphatic heterocycles. The maximum Gasteiger partial charge on any atom is 0.253 e. The molecular weight excluding hydrogens is 343 g/mol. The molecule has 130 valence electrons. The van der Waals surface area contributed by atoms with Gasteiger partial charge in [-0.3, -0.25) is 9.59 Å². The van der Waals surface area contributed by atoms with Crippen LogP contribution in [0.5, 0.6) is 0 Å². The molecule has 0 aromatic heterocycles. The first kappa shape index (κ1) is 17.4. The van der Waals surface area contributed by atoms with Gasteiger partial charge >= 0.3 is 0 Å². The van der Waals surface area contributed by atoms with Crippen molar-refractivity contribution in [2.45, 2.75) is 12.8 Å². The van der Waals surface area contributed by atoms with E-state index in [4.69, 9.17) is 11.6 Å². The number of nitrogens with one attached hydrogen (secondary N) is 1. The van der Waals surface area contributed by atoms with Gasteiger partial charge in [0.15, 0.2) is 0 Å². The first-order chi connectivity index (χ1) is 12.0. The van der Waals surface area contributed by atoms with Crippen molar-refractivity contribution in [2.24, 2.45) is 5.92 Å². The van der Waals surface area contributed by atoms with E-state index in [1.54, 1.807) is 35.2 Å². The van der Waals surface area contributed by atoms with Crippen molar-refractivity contribution in [3.05, 3.63) is 64.9 Å². The highest BCUT2D eigenvalue weighted by Crippen LogP contribution is 2.22. The Morgan fingerprint density at radius 2 is 1.76 bits per heavy atom. The molecule has 0 saturated carbocycles. The second-order valence-corrected chi connectivity index (χ2v) is 6.51. The lowest BCUT2D eigenvalue weighted by molar-refractivity contribution is -0.121. The molecule has 1 fully saturated rings. The van der Waals surface area contributed by atoms with Crippen molar-refractivity contribution in [1.82, 2.24) is 4.90 Å². The molecule has 2 amide bonds. The van der Waals surface area contributed by atoms with E-state index in [1.807, 2.05) is 0 Å². The molecule has 0 radical (unpaired) electrons. The fourth-order valence-electron chi connectivity index (χ4n) is 2.93. The number of hydrogen-bond acceptors (Lipinski definition) is 2. The van der Waals surface area contributed by atoms with Crippen LogP contribution in [0.1, 0.15) is 23.2 Å². The van der Waals surface area contributed by atoms with Crippen molar-refractivity contribution in [1.29, 1.82) is 0 Å². The second kappa shape index (κ2) is 7.66. The van der Waals surface area contributed by atoms with Crippen LogP contribution >= 0.6 is 11.6 Å². The van der Waals surface area contributed by atoms with Crippen LogP contribution in [0.2, 0.25) is 5.02 Å². The number of likely N-dealkylation sites (tertiary alicyclic amines) is 1. The maximum atomic E-state index is 13.3. The number of hydrogen-bond donors (Lipinski definition) is 1. The molecule has 0 spiro atoms. The number of piperidine rings is 1. The van der Waals surface area contributed by atoms with Crippen LogP contribution in [0, 0.1) is 11.7 Å². The van der Waals surface area contributed by atoms with Gasteiger partial charge in [-0.2, -0.15) is 0 Å². The highest BCUT2D eigenvalue weighted by molar-refractivity contribution is 6.30. The van der Waals surface area contributed by atoms with Crippen LogP contribution in [0.15, 0.2) is 48.5 Å². The Bertz CT molecular complexity index is 771. The Labute approximate surface area is 150 Å². The Morgan fingerprint density at radius 3 is 2.40 bits per heavy atom. The zero-order valence-electron chi connectivity index (χ0n) is 13.5. The highest BCUT2D eigenvalue weighted by atomic mass is 35.5. The normalized spacial score (nSPS) is 15.0. The molecule has 1 aliphatic rings. The minimum atomic E-state index is -0.428. The smallest absolute Gasteiger partial charge is 0.253 e. The lowest BCUT2D eigenvalue weighted by Crippen LogP contribution is -2.41. The van der Waals surface area contributed by atoms with Crippen LogP contribution in [0.25, 0.3) is 0 Å². The van der Waals surface area contributed by atoms with Crippen LogP contribution in [-0.4, -0.2) is 29.8 Å². The minimum Gasteiger partial charge on any atom is -0.339 e. The zero-order chi connectivity index (χ0) is 17.8. The molecule has 6 heteroatoms. The fraction of sp³-hybridized carbons (Fsp3) is 0.263. The van der Waals surface area contributed by atoms with Crippen molar-refractivity contribution in [3.63, 3.8) is 0 Å². The number of halogens is 2. The topological polar surface area (TPSA) is 49.4 Å². The summed E-state index contributed by atoms with van der Waals surface area (Å²) in [4.78, 5) is 26.4. The lowest BCUT2D eigenvalue weighted by atomic mass is 9.95. The Kier molecular flexibility index (Phi) is 5.34. The summed E-state index contributed by atoms with van der Waals surface area (Å²) >= 11 is 5.83. The molecule has 3 rings (SSSR count). The number of carbonyl (C=O) groups excluding carboxylic acids is 2. The van der Waals surface area contributed by atoms with E-state index in [0.717, 1.165) is 0 Å². The van der Waals surface area contributed by atoms with Gasteiger partial charge < -0.3 is 10.2 Å². The van der Waals surface area contributed by atoms with Crippen molar-refractivity contribution in [2.75, 3.05) is 18.4 Å². The molecule has 0 unspecified atom stereocenters. The quantitative estimate of drug-likeness (QED) is 0.900. The Balaban J connectivity index is 1.55. The van der Waals surface area contributed by atoms with Gasteiger partial charge in [0, 0.05) is 35.3 Å². The molecule has 4 nitrogen and oxygen atoms in total. The third kappa shape index (κ3) is 4.37. The number of anilines is 1. The SMILES string of the molecule is O=C(Nc1ccc(Cl)cc1)C1CCN(C(=O)c2cccc(F)c2)CC1. The largest absolute Gasteiger partial charge is 0.339 e. The minimum absolute atomic E-state index is 0.0554. The van der Waals surface area contributed by atoms with E-state index in [-0.39, 0.29) is 17.7 Å². The predicted octanol–water partition coefficient (Wildman–Crippen LogP) is 3.97. The van der Waals surface area contributed by atoms with Crippen molar-refractivity contribution in [3.8, 4) is 0 Å².